The van der Waals surface area contributed by atoms with Crippen molar-refractivity contribution >= 4 is 15.9 Å². The van der Waals surface area contributed by atoms with E-state index < -0.39 is 0 Å². The van der Waals surface area contributed by atoms with Crippen molar-refractivity contribution in [3.8, 4) is 5.75 Å². The van der Waals surface area contributed by atoms with Crippen LogP contribution in [0.1, 0.15) is 77.8 Å². The molecule has 3 aliphatic rings. The van der Waals surface area contributed by atoms with Gasteiger partial charge in [0.15, 0.2) is 0 Å². The molecular formula is C21H31BrO. The molecule has 1 N–H and O–H groups in total. The lowest BCUT2D eigenvalue weighted by Crippen LogP contribution is -2.52. The molecule has 0 heterocycles. The van der Waals surface area contributed by atoms with Gasteiger partial charge >= 0.3 is 0 Å². The lowest BCUT2D eigenvalue weighted by Gasteiger charge is -2.62. The monoisotopic (exact) mass is 378 g/mol. The lowest BCUT2D eigenvalue weighted by molar-refractivity contribution is -0.0902. The number of hydrogen-bond acceptors (Lipinski definition) is 1. The third-order valence-electron chi connectivity index (χ3n) is 6.16. The summed E-state index contributed by atoms with van der Waals surface area (Å²) in [6.07, 6.45) is 6.25. The zero-order valence-electron chi connectivity index (χ0n) is 15.5. The molecule has 0 spiro atoms. The highest BCUT2D eigenvalue weighted by Crippen LogP contribution is 2.66. The standard InChI is InChI=1S/C21H31BrO/c1-14-7-15(17(23)16(22)8-14)21(6)10-18(2,3)9-19(4)11-20(5,12-19)13-21/h7-8,23H,9-13H2,1-6H3. The number of halogens is 1. The van der Waals surface area contributed by atoms with Gasteiger partial charge in [0.1, 0.15) is 5.75 Å². The van der Waals surface area contributed by atoms with Gasteiger partial charge in [0, 0.05) is 5.56 Å². The van der Waals surface area contributed by atoms with Gasteiger partial charge in [-0.1, -0.05) is 40.7 Å². The molecule has 0 aromatic heterocycles. The van der Waals surface area contributed by atoms with E-state index in [1.807, 2.05) is 6.07 Å². The number of phenolic OH excluding ortho intramolecular Hbond substituents is 1. The summed E-state index contributed by atoms with van der Waals surface area (Å²) >= 11 is 3.55. The molecule has 3 aliphatic carbocycles. The van der Waals surface area contributed by atoms with Gasteiger partial charge in [-0.2, -0.15) is 0 Å². The fourth-order valence-corrected chi connectivity index (χ4v) is 7.50. The number of phenols is 1. The molecule has 3 fully saturated rings. The van der Waals surface area contributed by atoms with Crippen LogP contribution >= 0.6 is 15.9 Å². The number of fused-ring (bicyclic) bond motifs is 4. The minimum atomic E-state index is 0.0264. The van der Waals surface area contributed by atoms with Crippen molar-refractivity contribution in [2.45, 2.75) is 79.1 Å². The van der Waals surface area contributed by atoms with Crippen molar-refractivity contribution in [3.63, 3.8) is 0 Å². The number of aromatic hydroxyl groups is 1. The normalized spacial score (nSPS) is 39.3. The highest BCUT2D eigenvalue weighted by Gasteiger charge is 2.56. The molecule has 0 radical (unpaired) electrons. The molecule has 4 rings (SSSR count). The third-order valence-corrected chi connectivity index (χ3v) is 6.76. The van der Waals surface area contributed by atoms with E-state index in [9.17, 15) is 5.11 Å². The average molecular weight is 379 g/mol. The second-order valence-electron chi connectivity index (χ2n) is 10.4. The second kappa shape index (κ2) is 5.00. The van der Waals surface area contributed by atoms with Crippen molar-refractivity contribution in [1.29, 1.82) is 0 Å². The van der Waals surface area contributed by atoms with Crippen LogP contribution in [-0.2, 0) is 5.41 Å². The Morgan fingerprint density at radius 1 is 0.870 bits per heavy atom. The Morgan fingerprint density at radius 2 is 1.43 bits per heavy atom. The maximum atomic E-state index is 10.8. The van der Waals surface area contributed by atoms with E-state index in [1.165, 1.54) is 31.2 Å². The molecule has 1 aromatic rings. The first-order chi connectivity index (χ1) is 10.4. The number of rotatable bonds is 1. The van der Waals surface area contributed by atoms with E-state index in [0.717, 1.165) is 16.5 Å². The molecule has 1 nitrogen and oxygen atoms in total. The summed E-state index contributed by atoms with van der Waals surface area (Å²) < 4.78 is 0.831. The highest BCUT2D eigenvalue weighted by atomic mass is 79.9. The number of aryl methyl sites for hydroxylation is 1. The molecule has 0 saturated heterocycles. The first kappa shape index (κ1) is 17.3. The van der Waals surface area contributed by atoms with Crippen LogP contribution in [0.4, 0.5) is 0 Å². The fourth-order valence-electron chi connectivity index (χ4n) is 6.92. The SMILES string of the molecule is Cc1cc(Br)c(O)c(C2(C)CC(C)(C)CC3(C)CC(C)(C3)C2)c1. The molecule has 3 saturated carbocycles. The van der Waals surface area contributed by atoms with Crippen molar-refractivity contribution in [1.82, 2.24) is 0 Å². The molecule has 2 bridgehead atoms. The van der Waals surface area contributed by atoms with Gasteiger partial charge < -0.3 is 5.11 Å². The summed E-state index contributed by atoms with van der Waals surface area (Å²) in [7, 11) is 0. The Bertz CT molecular complexity index is 635. The largest absolute Gasteiger partial charge is 0.506 e. The smallest absolute Gasteiger partial charge is 0.133 e. The van der Waals surface area contributed by atoms with E-state index in [0.29, 0.717) is 22.0 Å². The lowest BCUT2D eigenvalue weighted by atomic mass is 9.43. The number of benzene rings is 1. The van der Waals surface area contributed by atoms with Crippen molar-refractivity contribution < 1.29 is 5.11 Å². The summed E-state index contributed by atoms with van der Waals surface area (Å²) in [6, 6.07) is 4.22. The molecule has 23 heavy (non-hydrogen) atoms. The number of hydrogen-bond donors (Lipinski definition) is 1. The molecule has 1 unspecified atom stereocenters. The minimum absolute atomic E-state index is 0.0264. The summed E-state index contributed by atoms with van der Waals surface area (Å²) in [5.74, 6) is 0.445. The van der Waals surface area contributed by atoms with Gasteiger partial charge in [-0.15, -0.1) is 0 Å². The Kier molecular flexibility index (Phi) is 3.77. The average Bonchev–Trinajstić information content (AvgIpc) is 2.27. The molecule has 2 heteroatoms. The molecule has 1 atom stereocenters. The minimum Gasteiger partial charge on any atom is -0.506 e. The molecule has 128 valence electrons. The molecule has 0 amide bonds. The Hall–Kier alpha value is -0.500. The molecule has 0 aliphatic heterocycles. The topological polar surface area (TPSA) is 20.2 Å². The van der Waals surface area contributed by atoms with E-state index >= 15 is 0 Å². The van der Waals surface area contributed by atoms with E-state index in [4.69, 9.17) is 0 Å². The van der Waals surface area contributed by atoms with E-state index in [2.05, 4.69) is 63.5 Å². The summed E-state index contributed by atoms with van der Waals surface area (Å²) in [5.41, 5.74) is 3.62. The van der Waals surface area contributed by atoms with Gasteiger partial charge in [-0.05, 0) is 88.2 Å². The van der Waals surface area contributed by atoms with Crippen LogP contribution in [0.5, 0.6) is 5.75 Å². The van der Waals surface area contributed by atoms with Crippen LogP contribution in [0.3, 0.4) is 0 Å². The fraction of sp³-hybridized carbons (Fsp3) is 0.714. The quantitative estimate of drug-likeness (QED) is 0.573. The highest BCUT2D eigenvalue weighted by molar-refractivity contribution is 9.10. The first-order valence-electron chi connectivity index (χ1n) is 8.85. The van der Waals surface area contributed by atoms with Crippen LogP contribution in [0, 0.1) is 23.2 Å². The van der Waals surface area contributed by atoms with Crippen molar-refractivity contribution in [2.24, 2.45) is 16.2 Å². The van der Waals surface area contributed by atoms with E-state index in [1.54, 1.807) is 0 Å². The van der Waals surface area contributed by atoms with Crippen LogP contribution < -0.4 is 0 Å². The summed E-state index contributed by atoms with van der Waals surface area (Å²) in [6.45, 7) is 14.3. The van der Waals surface area contributed by atoms with Crippen LogP contribution in [0.25, 0.3) is 0 Å². The Balaban J connectivity index is 2.09. The van der Waals surface area contributed by atoms with Gasteiger partial charge in [0.25, 0.3) is 0 Å². The van der Waals surface area contributed by atoms with Crippen LogP contribution in [0.2, 0.25) is 0 Å². The van der Waals surface area contributed by atoms with Gasteiger partial charge in [-0.3, -0.25) is 0 Å². The van der Waals surface area contributed by atoms with Crippen LogP contribution in [0.15, 0.2) is 16.6 Å². The summed E-state index contributed by atoms with van der Waals surface area (Å²) in [5, 5.41) is 10.8. The summed E-state index contributed by atoms with van der Waals surface area (Å²) in [4.78, 5) is 0. The van der Waals surface area contributed by atoms with E-state index in [-0.39, 0.29) is 5.41 Å². The predicted molar refractivity (Wildman–Crippen MR) is 101 cm³/mol. The van der Waals surface area contributed by atoms with Crippen molar-refractivity contribution in [2.75, 3.05) is 0 Å². The van der Waals surface area contributed by atoms with Crippen molar-refractivity contribution in [3.05, 3.63) is 27.7 Å². The maximum absolute atomic E-state index is 10.8. The van der Waals surface area contributed by atoms with Gasteiger partial charge in [0.2, 0.25) is 0 Å². The first-order valence-corrected chi connectivity index (χ1v) is 9.65. The molecular weight excluding hydrogens is 348 g/mol. The Labute approximate surface area is 150 Å². The molecule has 1 aromatic carbocycles. The van der Waals surface area contributed by atoms with Crippen LogP contribution in [-0.4, -0.2) is 5.11 Å². The predicted octanol–water partition coefficient (Wildman–Crippen LogP) is 6.74. The second-order valence-corrected chi connectivity index (χ2v) is 11.2. The Morgan fingerprint density at radius 3 is 2.04 bits per heavy atom. The third kappa shape index (κ3) is 3.08. The van der Waals surface area contributed by atoms with Gasteiger partial charge in [0.05, 0.1) is 4.47 Å². The van der Waals surface area contributed by atoms with Gasteiger partial charge in [-0.25, -0.2) is 0 Å². The zero-order valence-corrected chi connectivity index (χ0v) is 17.1. The zero-order chi connectivity index (χ0) is 17.3. The maximum Gasteiger partial charge on any atom is 0.133 e.